The fraction of sp³-hybridized carbons (Fsp3) is 0.391. The van der Waals surface area contributed by atoms with Crippen LogP contribution in [0.2, 0.25) is 0 Å². The van der Waals surface area contributed by atoms with Gasteiger partial charge in [-0.15, -0.1) is 0 Å². The summed E-state index contributed by atoms with van der Waals surface area (Å²) < 4.78 is 33.6. The van der Waals surface area contributed by atoms with E-state index in [0.29, 0.717) is 11.4 Å². The number of methoxy groups -OCH3 is 1. The van der Waals surface area contributed by atoms with Crippen molar-refractivity contribution in [3.8, 4) is 5.75 Å². The summed E-state index contributed by atoms with van der Waals surface area (Å²) in [7, 11) is -0.519. The van der Waals surface area contributed by atoms with Crippen molar-refractivity contribution in [2.24, 2.45) is 5.10 Å². The molecule has 32 heavy (non-hydrogen) atoms. The summed E-state index contributed by atoms with van der Waals surface area (Å²) in [5.74, 6) is -0.156. The Labute approximate surface area is 189 Å². The smallest absolute Gasteiger partial charge is 0.264 e. The fourth-order valence-corrected chi connectivity index (χ4v) is 4.85. The number of anilines is 1. The molecule has 0 bridgehead atoms. The van der Waals surface area contributed by atoms with E-state index in [1.54, 1.807) is 24.3 Å². The largest absolute Gasteiger partial charge is 0.495 e. The van der Waals surface area contributed by atoms with Crippen molar-refractivity contribution in [3.63, 3.8) is 0 Å². The van der Waals surface area contributed by atoms with E-state index in [-0.39, 0.29) is 4.90 Å². The lowest BCUT2D eigenvalue weighted by molar-refractivity contribution is -0.119. The van der Waals surface area contributed by atoms with E-state index in [1.165, 1.54) is 19.2 Å². The number of piperidine rings is 1. The highest BCUT2D eigenvalue weighted by Gasteiger charge is 2.29. The Kier molecular flexibility index (Phi) is 7.52. The van der Waals surface area contributed by atoms with E-state index in [0.717, 1.165) is 47.1 Å². The molecule has 2 aromatic rings. The highest BCUT2D eigenvalue weighted by molar-refractivity contribution is 7.92. The number of amides is 1. The van der Waals surface area contributed by atoms with Crippen LogP contribution in [0.3, 0.4) is 0 Å². The zero-order chi connectivity index (χ0) is 23.3. The quantitative estimate of drug-likeness (QED) is 0.644. The monoisotopic (exact) mass is 458 g/mol. The molecule has 8 nitrogen and oxygen atoms in total. The maximum absolute atomic E-state index is 13.6. The molecule has 0 spiro atoms. The molecule has 172 valence electrons. The summed E-state index contributed by atoms with van der Waals surface area (Å²) in [6.07, 6.45) is 1.54. The third-order valence-corrected chi connectivity index (χ3v) is 7.18. The summed E-state index contributed by atoms with van der Waals surface area (Å²) in [4.78, 5) is 15.1. The summed E-state index contributed by atoms with van der Waals surface area (Å²) in [6, 6.07) is 11.7. The zero-order valence-corrected chi connectivity index (χ0v) is 19.8. The van der Waals surface area contributed by atoms with Crippen LogP contribution < -0.4 is 14.5 Å². The normalized spacial score (nSPS) is 14.7. The van der Waals surface area contributed by atoms with Gasteiger partial charge in [-0.2, -0.15) is 5.10 Å². The molecule has 1 amide bonds. The molecule has 1 heterocycles. The van der Waals surface area contributed by atoms with E-state index < -0.39 is 22.5 Å². The third kappa shape index (κ3) is 5.66. The standard InChI is InChI=1S/C23H30N4O4S/c1-17-5-8-20(9-6-17)32(29,30)27(21-15-18(2)7-10-22(21)31-4)16-23(28)25-24-19-11-13-26(3)14-12-19/h5-10,15H,11-14,16H2,1-4H3,(H,25,28). The first-order valence-electron chi connectivity index (χ1n) is 10.5. The van der Waals surface area contributed by atoms with Gasteiger partial charge in [0.25, 0.3) is 15.9 Å². The van der Waals surface area contributed by atoms with Crippen molar-refractivity contribution in [2.75, 3.05) is 38.1 Å². The van der Waals surface area contributed by atoms with E-state index in [1.807, 2.05) is 27.0 Å². The highest BCUT2D eigenvalue weighted by Crippen LogP contribution is 2.33. The van der Waals surface area contributed by atoms with Gasteiger partial charge in [-0.3, -0.25) is 9.10 Å². The molecule has 3 rings (SSSR count). The van der Waals surface area contributed by atoms with Crippen LogP contribution in [0.1, 0.15) is 24.0 Å². The van der Waals surface area contributed by atoms with E-state index in [2.05, 4.69) is 15.4 Å². The number of ether oxygens (including phenoxy) is 1. The average Bonchev–Trinajstić information content (AvgIpc) is 2.77. The van der Waals surface area contributed by atoms with Gasteiger partial charge in [0.1, 0.15) is 12.3 Å². The predicted octanol–water partition coefficient (Wildman–Crippen LogP) is 2.71. The second kappa shape index (κ2) is 10.1. The van der Waals surface area contributed by atoms with E-state index in [4.69, 9.17) is 4.74 Å². The Morgan fingerprint density at radius 1 is 1.09 bits per heavy atom. The number of benzene rings is 2. The van der Waals surface area contributed by atoms with Gasteiger partial charge >= 0.3 is 0 Å². The minimum atomic E-state index is -4.03. The molecule has 9 heteroatoms. The zero-order valence-electron chi connectivity index (χ0n) is 19.0. The molecule has 1 aliphatic heterocycles. The van der Waals surface area contributed by atoms with E-state index >= 15 is 0 Å². The lowest BCUT2D eigenvalue weighted by Crippen LogP contribution is -2.40. The Morgan fingerprint density at radius 3 is 2.34 bits per heavy atom. The third-order valence-electron chi connectivity index (χ3n) is 5.40. The van der Waals surface area contributed by atoms with Gasteiger partial charge in [0.2, 0.25) is 0 Å². The Morgan fingerprint density at radius 2 is 1.72 bits per heavy atom. The molecule has 1 saturated heterocycles. The molecule has 0 aromatic heterocycles. The molecule has 0 radical (unpaired) electrons. The molecule has 2 aromatic carbocycles. The topological polar surface area (TPSA) is 91.3 Å². The van der Waals surface area contributed by atoms with Crippen LogP contribution in [-0.4, -0.2) is 58.7 Å². The molecule has 0 aliphatic carbocycles. The molecule has 1 N–H and O–H groups in total. The van der Waals surface area contributed by atoms with Gasteiger partial charge in [-0.05, 0) is 50.7 Å². The van der Waals surface area contributed by atoms with E-state index in [9.17, 15) is 13.2 Å². The van der Waals surface area contributed by atoms with Gasteiger partial charge in [-0.1, -0.05) is 23.8 Å². The van der Waals surface area contributed by atoms with Crippen molar-refractivity contribution in [1.29, 1.82) is 0 Å². The van der Waals surface area contributed by atoms with Gasteiger partial charge < -0.3 is 9.64 Å². The maximum Gasteiger partial charge on any atom is 0.264 e. The average molecular weight is 459 g/mol. The molecular formula is C23H30N4O4S. The highest BCUT2D eigenvalue weighted by atomic mass is 32.2. The Balaban J connectivity index is 1.92. The second-order valence-electron chi connectivity index (χ2n) is 8.02. The van der Waals surface area contributed by atoms with Crippen LogP contribution in [0.5, 0.6) is 5.75 Å². The number of sulfonamides is 1. The van der Waals surface area contributed by atoms with Gasteiger partial charge in [0, 0.05) is 31.6 Å². The van der Waals surface area contributed by atoms with Crippen molar-refractivity contribution >= 4 is 27.3 Å². The first-order chi connectivity index (χ1) is 15.2. The molecule has 0 saturated carbocycles. The van der Waals surface area contributed by atoms with Crippen LogP contribution in [0.4, 0.5) is 5.69 Å². The first-order valence-corrected chi connectivity index (χ1v) is 11.9. The number of hydrogen-bond donors (Lipinski definition) is 1. The van der Waals surface area contributed by atoms with Gasteiger partial charge in [-0.25, -0.2) is 13.8 Å². The maximum atomic E-state index is 13.6. The van der Waals surface area contributed by atoms with Crippen molar-refractivity contribution in [2.45, 2.75) is 31.6 Å². The summed E-state index contributed by atoms with van der Waals surface area (Å²) in [6.45, 7) is 5.07. The lowest BCUT2D eigenvalue weighted by atomic mass is 10.1. The Hall–Kier alpha value is -2.91. The number of aryl methyl sites for hydroxylation is 2. The van der Waals surface area contributed by atoms with Gasteiger partial charge in [0.05, 0.1) is 17.7 Å². The minimum absolute atomic E-state index is 0.0982. The number of rotatable bonds is 7. The molecular weight excluding hydrogens is 428 g/mol. The molecule has 1 fully saturated rings. The molecule has 0 atom stereocenters. The van der Waals surface area contributed by atoms with Crippen molar-refractivity contribution < 1.29 is 17.9 Å². The van der Waals surface area contributed by atoms with Crippen molar-refractivity contribution in [1.82, 2.24) is 10.3 Å². The minimum Gasteiger partial charge on any atom is -0.495 e. The number of carbonyl (C=O) groups excluding carboxylic acids is 1. The van der Waals surface area contributed by atoms with Crippen LogP contribution in [0.15, 0.2) is 52.5 Å². The number of nitrogens with zero attached hydrogens (tertiary/aromatic N) is 3. The second-order valence-corrected chi connectivity index (χ2v) is 9.88. The predicted molar refractivity (Wildman–Crippen MR) is 126 cm³/mol. The number of hydrogen-bond acceptors (Lipinski definition) is 6. The van der Waals surface area contributed by atoms with Crippen LogP contribution in [0, 0.1) is 13.8 Å². The summed E-state index contributed by atoms with van der Waals surface area (Å²) in [5, 5.41) is 4.23. The first kappa shape index (κ1) is 23.7. The lowest BCUT2D eigenvalue weighted by Gasteiger charge is -2.26. The summed E-state index contributed by atoms with van der Waals surface area (Å²) in [5.41, 5.74) is 5.52. The van der Waals surface area contributed by atoms with Crippen LogP contribution in [0.25, 0.3) is 0 Å². The van der Waals surface area contributed by atoms with Crippen LogP contribution in [-0.2, 0) is 14.8 Å². The Bertz CT molecular complexity index is 1090. The van der Waals surface area contributed by atoms with Gasteiger partial charge in [0.15, 0.2) is 0 Å². The van der Waals surface area contributed by atoms with Crippen molar-refractivity contribution in [3.05, 3.63) is 53.6 Å². The van der Waals surface area contributed by atoms with Crippen LogP contribution >= 0.6 is 0 Å². The number of carbonyl (C=O) groups is 1. The number of hydrazone groups is 1. The SMILES string of the molecule is COc1ccc(C)cc1N(CC(=O)NN=C1CCN(C)CC1)S(=O)(=O)c1ccc(C)cc1. The summed E-state index contributed by atoms with van der Waals surface area (Å²) >= 11 is 0. The molecule has 0 unspecified atom stereocenters. The number of nitrogens with one attached hydrogen (secondary N) is 1. The molecule has 1 aliphatic rings. The fourth-order valence-electron chi connectivity index (χ4n) is 3.43. The number of likely N-dealkylation sites (tertiary alicyclic amines) is 1.